The summed E-state index contributed by atoms with van der Waals surface area (Å²) in [5, 5.41) is 9.41. The van der Waals surface area contributed by atoms with Crippen molar-refractivity contribution in [2.75, 3.05) is 5.32 Å². The molecule has 17 heavy (non-hydrogen) atoms. The van der Waals surface area contributed by atoms with E-state index in [-0.39, 0.29) is 11.8 Å². The molecule has 1 aliphatic rings. The van der Waals surface area contributed by atoms with Crippen LogP contribution in [0.1, 0.15) is 12.2 Å². The minimum atomic E-state index is -0.0319. The zero-order valence-electron chi connectivity index (χ0n) is 9.04. The molecule has 88 valence electrons. The maximum absolute atomic E-state index is 12.0. The maximum Gasteiger partial charge on any atom is 0.229 e. The third kappa shape index (κ3) is 2.05. The van der Waals surface area contributed by atoms with E-state index >= 15 is 0 Å². The summed E-state index contributed by atoms with van der Waals surface area (Å²) in [6.07, 6.45) is 4.67. The second-order valence-electron chi connectivity index (χ2n) is 3.92. The Morgan fingerprint density at radius 3 is 3.29 bits per heavy atom. The number of nitrogens with zero attached hydrogens (tertiary/aromatic N) is 4. The van der Waals surface area contributed by atoms with Crippen molar-refractivity contribution >= 4 is 22.4 Å². The molecule has 0 aromatic carbocycles. The Kier molecular flexibility index (Phi) is 2.60. The number of hydrogen-bond acceptors (Lipinski definition) is 5. The first kappa shape index (κ1) is 10.4. The highest BCUT2D eigenvalue weighted by Gasteiger charge is 2.26. The van der Waals surface area contributed by atoms with Crippen molar-refractivity contribution in [3.63, 3.8) is 0 Å². The van der Waals surface area contributed by atoms with Gasteiger partial charge >= 0.3 is 0 Å². The molecule has 0 spiro atoms. The molecule has 1 atom stereocenters. The first-order valence-corrected chi connectivity index (χ1v) is 6.28. The summed E-state index contributed by atoms with van der Waals surface area (Å²) in [6, 6.07) is 0. The molecule has 2 aromatic heterocycles. The number of carbonyl (C=O) groups is 1. The van der Waals surface area contributed by atoms with E-state index in [1.807, 2.05) is 10.1 Å². The van der Waals surface area contributed by atoms with Crippen LogP contribution in [0.25, 0.3) is 0 Å². The van der Waals surface area contributed by atoms with Gasteiger partial charge in [0.05, 0.1) is 0 Å². The van der Waals surface area contributed by atoms with E-state index in [1.165, 1.54) is 17.7 Å². The largest absolute Gasteiger partial charge is 0.302 e. The zero-order chi connectivity index (χ0) is 11.7. The highest BCUT2D eigenvalue weighted by molar-refractivity contribution is 7.13. The number of nitrogens with one attached hydrogen (secondary N) is 1. The molecule has 1 unspecified atom stereocenters. The van der Waals surface area contributed by atoms with E-state index in [2.05, 4.69) is 20.4 Å². The number of carbonyl (C=O) groups excluding carboxylic acids is 1. The number of fused-ring (bicyclic) bond motifs is 1. The molecule has 0 aliphatic carbocycles. The van der Waals surface area contributed by atoms with E-state index < -0.39 is 0 Å². The molecular formula is C10H11N5OS. The van der Waals surface area contributed by atoms with Gasteiger partial charge in [-0.1, -0.05) is 0 Å². The minimum absolute atomic E-state index is 0.0224. The van der Waals surface area contributed by atoms with Crippen LogP contribution in [0.2, 0.25) is 0 Å². The summed E-state index contributed by atoms with van der Waals surface area (Å²) < 4.78 is 1.85. The fraction of sp³-hybridized carbons (Fsp3) is 0.400. The predicted octanol–water partition coefficient (Wildman–Crippen LogP) is 0.936. The molecular weight excluding hydrogens is 238 g/mol. The molecule has 0 saturated carbocycles. The molecule has 2 aromatic rings. The summed E-state index contributed by atoms with van der Waals surface area (Å²) in [6.45, 7) is 0.755. The monoisotopic (exact) mass is 249 g/mol. The van der Waals surface area contributed by atoms with Crippen molar-refractivity contribution in [2.45, 2.75) is 19.4 Å². The van der Waals surface area contributed by atoms with E-state index in [0.29, 0.717) is 11.6 Å². The maximum atomic E-state index is 12.0. The summed E-state index contributed by atoms with van der Waals surface area (Å²) >= 11 is 1.43. The Morgan fingerprint density at radius 2 is 2.47 bits per heavy atom. The minimum Gasteiger partial charge on any atom is -0.302 e. The highest BCUT2D eigenvalue weighted by Crippen LogP contribution is 2.20. The smallest absolute Gasteiger partial charge is 0.229 e. The normalized spacial score (nSPS) is 18.7. The number of aromatic nitrogens is 4. The van der Waals surface area contributed by atoms with Crippen LogP contribution in [0.3, 0.4) is 0 Å². The van der Waals surface area contributed by atoms with Gasteiger partial charge in [-0.3, -0.25) is 9.48 Å². The van der Waals surface area contributed by atoms with Gasteiger partial charge in [0.25, 0.3) is 0 Å². The fourth-order valence-electron chi connectivity index (χ4n) is 1.95. The first-order chi connectivity index (χ1) is 8.33. The third-order valence-corrected chi connectivity index (χ3v) is 3.54. The number of rotatable bonds is 2. The number of hydrogen-bond donors (Lipinski definition) is 1. The molecule has 7 heteroatoms. The molecule has 6 nitrogen and oxygen atoms in total. The average molecular weight is 249 g/mol. The Hall–Kier alpha value is -1.76. The Bertz CT molecular complexity index is 521. The first-order valence-electron chi connectivity index (χ1n) is 5.40. The average Bonchev–Trinajstić information content (AvgIpc) is 2.97. The topological polar surface area (TPSA) is 72.7 Å². The van der Waals surface area contributed by atoms with Gasteiger partial charge in [-0.2, -0.15) is 5.10 Å². The van der Waals surface area contributed by atoms with E-state index in [4.69, 9.17) is 0 Å². The van der Waals surface area contributed by atoms with Crippen LogP contribution < -0.4 is 5.32 Å². The van der Waals surface area contributed by atoms with Gasteiger partial charge in [-0.05, 0) is 6.42 Å². The molecule has 0 bridgehead atoms. The lowest BCUT2D eigenvalue weighted by molar-refractivity contribution is -0.120. The number of aryl methyl sites for hydroxylation is 1. The standard InChI is InChI=1S/C10H11N5OS/c16-9(14-10-11-2-4-17-10)7-1-3-15-8(5-7)12-6-13-15/h2,4,6-7H,1,3,5H2,(H,11,14,16). The zero-order valence-corrected chi connectivity index (χ0v) is 9.85. The van der Waals surface area contributed by atoms with Crippen LogP contribution >= 0.6 is 11.3 Å². The number of thiazole rings is 1. The highest BCUT2D eigenvalue weighted by atomic mass is 32.1. The van der Waals surface area contributed by atoms with Crippen molar-refractivity contribution in [3.05, 3.63) is 23.7 Å². The van der Waals surface area contributed by atoms with Gasteiger partial charge in [-0.15, -0.1) is 11.3 Å². The summed E-state index contributed by atoms with van der Waals surface area (Å²) in [5.74, 6) is 0.875. The second kappa shape index (κ2) is 4.25. The van der Waals surface area contributed by atoms with Gasteiger partial charge in [0.2, 0.25) is 5.91 Å². The van der Waals surface area contributed by atoms with Crippen LogP contribution in [0.15, 0.2) is 17.9 Å². The molecule has 3 heterocycles. The Morgan fingerprint density at radius 1 is 1.53 bits per heavy atom. The van der Waals surface area contributed by atoms with Gasteiger partial charge < -0.3 is 5.32 Å². The van der Waals surface area contributed by atoms with Crippen molar-refractivity contribution in [3.8, 4) is 0 Å². The van der Waals surface area contributed by atoms with E-state index in [0.717, 1.165) is 18.8 Å². The molecule has 0 radical (unpaired) electrons. The predicted molar refractivity (Wildman–Crippen MR) is 62.6 cm³/mol. The lowest BCUT2D eigenvalue weighted by Gasteiger charge is -2.20. The Balaban J connectivity index is 1.68. The van der Waals surface area contributed by atoms with Crippen molar-refractivity contribution in [1.82, 2.24) is 19.7 Å². The van der Waals surface area contributed by atoms with E-state index in [9.17, 15) is 4.79 Å². The molecule has 1 N–H and O–H groups in total. The van der Waals surface area contributed by atoms with Gasteiger partial charge in [0, 0.05) is 30.5 Å². The van der Waals surface area contributed by atoms with Gasteiger partial charge in [-0.25, -0.2) is 9.97 Å². The second-order valence-corrected chi connectivity index (χ2v) is 4.81. The lowest BCUT2D eigenvalue weighted by Crippen LogP contribution is -2.30. The van der Waals surface area contributed by atoms with Crippen LogP contribution in [-0.2, 0) is 17.8 Å². The van der Waals surface area contributed by atoms with Crippen molar-refractivity contribution < 1.29 is 4.79 Å². The Labute approximate surface area is 102 Å². The molecule has 3 rings (SSSR count). The van der Waals surface area contributed by atoms with Crippen LogP contribution in [0.5, 0.6) is 0 Å². The van der Waals surface area contributed by atoms with Crippen molar-refractivity contribution in [1.29, 1.82) is 0 Å². The van der Waals surface area contributed by atoms with Crippen molar-refractivity contribution in [2.24, 2.45) is 5.92 Å². The molecule has 1 aliphatic heterocycles. The quantitative estimate of drug-likeness (QED) is 0.859. The number of anilines is 1. The number of amides is 1. The van der Waals surface area contributed by atoms with Crippen LogP contribution in [0, 0.1) is 5.92 Å². The summed E-state index contributed by atoms with van der Waals surface area (Å²) in [5.41, 5.74) is 0. The van der Waals surface area contributed by atoms with Gasteiger partial charge in [0.15, 0.2) is 5.13 Å². The van der Waals surface area contributed by atoms with Crippen LogP contribution in [-0.4, -0.2) is 25.7 Å². The van der Waals surface area contributed by atoms with Crippen LogP contribution in [0.4, 0.5) is 5.13 Å². The molecule has 0 fully saturated rings. The summed E-state index contributed by atoms with van der Waals surface area (Å²) in [4.78, 5) is 20.2. The molecule has 0 saturated heterocycles. The van der Waals surface area contributed by atoms with E-state index in [1.54, 1.807) is 6.20 Å². The summed E-state index contributed by atoms with van der Waals surface area (Å²) in [7, 11) is 0. The third-order valence-electron chi connectivity index (χ3n) is 2.85. The van der Waals surface area contributed by atoms with Gasteiger partial charge in [0.1, 0.15) is 12.2 Å². The SMILES string of the molecule is O=C(Nc1nccs1)C1CCn2ncnc2C1. The fourth-order valence-corrected chi connectivity index (χ4v) is 2.48. The molecule has 1 amide bonds. The lowest BCUT2D eigenvalue weighted by atomic mass is 9.97.